The van der Waals surface area contributed by atoms with Crippen molar-refractivity contribution in [1.82, 2.24) is 4.57 Å². The summed E-state index contributed by atoms with van der Waals surface area (Å²) in [7, 11) is 0. The number of nitrogens with zero attached hydrogens (tertiary/aromatic N) is 2. The lowest BCUT2D eigenvalue weighted by Gasteiger charge is -2.27. The Bertz CT molecular complexity index is 3570. The van der Waals surface area contributed by atoms with Crippen LogP contribution >= 0.6 is 0 Å². The van der Waals surface area contributed by atoms with Crippen LogP contribution in [0.5, 0.6) is 0 Å². The van der Waals surface area contributed by atoms with E-state index in [1.165, 1.54) is 43.8 Å². The van der Waals surface area contributed by atoms with Crippen molar-refractivity contribution in [3.8, 4) is 39.1 Å². The van der Waals surface area contributed by atoms with Gasteiger partial charge in [0.15, 0.2) is 0 Å². The number of aromatic nitrogens is 1. The minimum absolute atomic E-state index is 0.840. The molecule has 61 heavy (non-hydrogen) atoms. The number of rotatable bonds is 7. The highest BCUT2D eigenvalue weighted by molar-refractivity contribution is 6.24. The van der Waals surface area contributed by atoms with Gasteiger partial charge in [-0.1, -0.05) is 164 Å². The molecule has 0 aliphatic heterocycles. The van der Waals surface area contributed by atoms with Gasteiger partial charge in [-0.2, -0.15) is 0 Å². The van der Waals surface area contributed by atoms with Gasteiger partial charge in [-0.15, -0.1) is 0 Å². The molecule has 3 nitrogen and oxygen atoms in total. The molecule has 286 valence electrons. The molecule has 0 atom stereocenters. The van der Waals surface area contributed by atoms with Crippen LogP contribution in [0.2, 0.25) is 0 Å². The van der Waals surface area contributed by atoms with Crippen molar-refractivity contribution in [1.29, 1.82) is 0 Å². The largest absolute Gasteiger partial charge is 0.456 e. The monoisotopic (exact) mass is 778 g/mol. The van der Waals surface area contributed by atoms with Crippen LogP contribution in [0.4, 0.5) is 17.1 Å². The van der Waals surface area contributed by atoms with E-state index in [2.05, 4.69) is 240 Å². The van der Waals surface area contributed by atoms with Crippen LogP contribution in [0.25, 0.3) is 93.6 Å². The Balaban J connectivity index is 1.14. The maximum atomic E-state index is 6.95. The fourth-order valence-corrected chi connectivity index (χ4v) is 9.34. The van der Waals surface area contributed by atoms with Gasteiger partial charge >= 0.3 is 0 Å². The van der Waals surface area contributed by atoms with E-state index in [0.717, 1.165) is 66.9 Å². The van der Waals surface area contributed by atoms with Crippen LogP contribution < -0.4 is 4.90 Å². The summed E-state index contributed by atoms with van der Waals surface area (Å²) in [5, 5.41) is 7.05. The number of hydrogen-bond donors (Lipinski definition) is 0. The van der Waals surface area contributed by atoms with Gasteiger partial charge in [0, 0.05) is 44.7 Å². The van der Waals surface area contributed by atoms with Crippen molar-refractivity contribution in [2.24, 2.45) is 0 Å². The normalized spacial score (nSPS) is 11.6. The van der Waals surface area contributed by atoms with Gasteiger partial charge < -0.3 is 13.9 Å². The van der Waals surface area contributed by atoms with E-state index in [-0.39, 0.29) is 0 Å². The summed E-state index contributed by atoms with van der Waals surface area (Å²) in [6.07, 6.45) is 0. The van der Waals surface area contributed by atoms with Crippen LogP contribution in [-0.2, 0) is 0 Å². The van der Waals surface area contributed by atoms with Gasteiger partial charge in [-0.05, 0) is 105 Å². The summed E-state index contributed by atoms with van der Waals surface area (Å²) in [5.74, 6) is 0. The first-order valence-corrected chi connectivity index (χ1v) is 20.8. The molecule has 0 aliphatic rings. The zero-order valence-corrected chi connectivity index (χ0v) is 33.2. The van der Waals surface area contributed by atoms with E-state index in [0.29, 0.717) is 0 Å². The standard InChI is InChI=1S/C58H38N2O/c1-4-15-39(16-5-1)41-27-31-46(32-28-41)59(47-23-14-20-43(35-47)40-17-6-2-7-18-40)48-37-52(58-56(38-48)61-55-34-30-42-19-10-11-24-49(42)57(55)58)44-29-33-51-50-25-12-13-26-53(50)60(54(51)36-44)45-21-8-3-9-22-45/h1-38H. The number of fused-ring (bicyclic) bond motifs is 8. The van der Waals surface area contributed by atoms with Crippen LogP contribution in [0, 0.1) is 0 Å². The minimum Gasteiger partial charge on any atom is -0.456 e. The van der Waals surface area contributed by atoms with Gasteiger partial charge in [0.1, 0.15) is 11.2 Å². The number of hydrogen-bond acceptors (Lipinski definition) is 2. The summed E-state index contributed by atoms with van der Waals surface area (Å²) in [6, 6.07) is 82.9. The molecule has 2 heterocycles. The molecule has 0 unspecified atom stereocenters. The van der Waals surface area contributed by atoms with Gasteiger partial charge in [0.05, 0.1) is 16.7 Å². The van der Waals surface area contributed by atoms with E-state index in [4.69, 9.17) is 4.42 Å². The van der Waals surface area contributed by atoms with Crippen molar-refractivity contribution in [2.45, 2.75) is 0 Å². The summed E-state index contributed by atoms with van der Waals surface area (Å²) in [4.78, 5) is 2.37. The Kier molecular flexibility index (Phi) is 8.17. The highest BCUT2D eigenvalue weighted by Crippen LogP contribution is 2.47. The van der Waals surface area contributed by atoms with Crippen molar-refractivity contribution >= 4 is 71.6 Å². The van der Waals surface area contributed by atoms with E-state index in [1.54, 1.807) is 0 Å². The number of benzene rings is 10. The van der Waals surface area contributed by atoms with Crippen LogP contribution in [0.3, 0.4) is 0 Å². The van der Waals surface area contributed by atoms with E-state index >= 15 is 0 Å². The van der Waals surface area contributed by atoms with Crippen molar-refractivity contribution < 1.29 is 4.42 Å². The molecule has 12 aromatic rings. The van der Waals surface area contributed by atoms with E-state index in [1.807, 2.05) is 0 Å². The average Bonchev–Trinajstić information content (AvgIpc) is 3.88. The molecule has 0 spiro atoms. The second-order valence-electron chi connectivity index (χ2n) is 15.7. The average molecular weight is 779 g/mol. The summed E-state index contributed by atoms with van der Waals surface area (Å²) < 4.78 is 9.35. The molecular weight excluding hydrogens is 741 g/mol. The topological polar surface area (TPSA) is 21.3 Å². The molecule has 10 aromatic carbocycles. The van der Waals surface area contributed by atoms with Crippen molar-refractivity contribution in [2.75, 3.05) is 4.90 Å². The quantitative estimate of drug-likeness (QED) is 0.161. The predicted molar refractivity (Wildman–Crippen MR) is 257 cm³/mol. The van der Waals surface area contributed by atoms with Crippen molar-refractivity contribution in [3.63, 3.8) is 0 Å². The molecule has 0 bridgehead atoms. The lowest BCUT2D eigenvalue weighted by Crippen LogP contribution is -2.10. The third-order valence-electron chi connectivity index (χ3n) is 12.1. The third kappa shape index (κ3) is 5.90. The van der Waals surface area contributed by atoms with E-state index < -0.39 is 0 Å². The molecule has 12 rings (SSSR count). The second kappa shape index (κ2) is 14.3. The summed E-state index contributed by atoms with van der Waals surface area (Å²) >= 11 is 0. The predicted octanol–water partition coefficient (Wildman–Crippen LogP) is 16.3. The molecular formula is C58H38N2O. The molecule has 0 saturated heterocycles. The fraction of sp³-hybridized carbons (Fsp3) is 0. The van der Waals surface area contributed by atoms with Gasteiger partial charge in [-0.25, -0.2) is 0 Å². The molecule has 2 aromatic heterocycles. The zero-order chi connectivity index (χ0) is 40.3. The molecule has 0 aliphatic carbocycles. The number of anilines is 3. The molecule has 0 amide bonds. The van der Waals surface area contributed by atoms with Crippen molar-refractivity contribution in [3.05, 3.63) is 231 Å². The fourth-order valence-electron chi connectivity index (χ4n) is 9.34. The van der Waals surface area contributed by atoms with Gasteiger partial charge in [0.2, 0.25) is 0 Å². The first-order chi connectivity index (χ1) is 30.2. The summed E-state index contributed by atoms with van der Waals surface area (Å²) in [5.41, 5.74) is 15.2. The molecule has 0 radical (unpaired) electrons. The molecule has 0 fully saturated rings. The maximum Gasteiger partial charge on any atom is 0.138 e. The van der Waals surface area contributed by atoms with E-state index in [9.17, 15) is 0 Å². The smallest absolute Gasteiger partial charge is 0.138 e. The van der Waals surface area contributed by atoms with Crippen LogP contribution in [0.1, 0.15) is 0 Å². The highest BCUT2D eigenvalue weighted by Gasteiger charge is 2.22. The lowest BCUT2D eigenvalue weighted by atomic mass is 9.95. The summed E-state index contributed by atoms with van der Waals surface area (Å²) in [6.45, 7) is 0. The van der Waals surface area contributed by atoms with Crippen LogP contribution in [0.15, 0.2) is 235 Å². The van der Waals surface area contributed by atoms with Gasteiger partial charge in [0.25, 0.3) is 0 Å². The van der Waals surface area contributed by atoms with Crippen LogP contribution in [-0.4, -0.2) is 4.57 Å². The Morgan fingerprint density at radius 1 is 0.328 bits per heavy atom. The Morgan fingerprint density at radius 2 is 0.951 bits per heavy atom. The third-order valence-corrected chi connectivity index (χ3v) is 12.1. The first kappa shape index (κ1) is 34.9. The number of para-hydroxylation sites is 2. The zero-order valence-electron chi connectivity index (χ0n) is 33.2. The molecule has 0 saturated carbocycles. The Labute approximate surface area is 353 Å². The maximum absolute atomic E-state index is 6.95. The lowest BCUT2D eigenvalue weighted by molar-refractivity contribution is 0.669. The SMILES string of the molecule is c1ccc(-c2ccc(N(c3cccc(-c4ccccc4)c3)c3cc(-c4ccc5c6ccccc6n(-c6ccccc6)c5c4)c4c(c3)oc3ccc5ccccc5c34)cc2)cc1. The molecule has 0 N–H and O–H groups in total. The van der Waals surface area contributed by atoms with Gasteiger partial charge in [-0.3, -0.25) is 0 Å². The first-order valence-electron chi connectivity index (χ1n) is 20.8. The Morgan fingerprint density at radius 3 is 1.74 bits per heavy atom. The molecule has 3 heteroatoms. The second-order valence-corrected chi connectivity index (χ2v) is 15.7. The number of furan rings is 1. The Hall–Kier alpha value is -8.14. The minimum atomic E-state index is 0.840. The highest BCUT2D eigenvalue weighted by atomic mass is 16.3.